The molecule has 0 atom stereocenters. The molecule has 0 unspecified atom stereocenters. The van der Waals surface area contributed by atoms with E-state index in [2.05, 4.69) is 135 Å². The Labute approximate surface area is 283 Å². The van der Waals surface area contributed by atoms with Crippen LogP contribution in [0.25, 0.3) is 43.8 Å². The number of aryl methyl sites for hydroxylation is 2. The Morgan fingerprint density at radius 1 is 0.533 bits per heavy atom. The van der Waals surface area contributed by atoms with Gasteiger partial charge in [0.1, 0.15) is 0 Å². The molecule has 0 nitrogen and oxygen atoms in total. The van der Waals surface area contributed by atoms with Gasteiger partial charge < -0.3 is 7.43 Å². The topological polar surface area (TPSA) is 0 Å². The molecular weight excluding hydrogens is 667 g/mol. The van der Waals surface area contributed by atoms with E-state index in [1.165, 1.54) is 54.9 Å². The van der Waals surface area contributed by atoms with E-state index in [4.69, 9.17) is 17.0 Å². The minimum atomic E-state index is -2.06. The van der Waals surface area contributed by atoms with Crippen LogP contribution in [-0.2, 0) is 31.7 Å². The van der Waals surface area contributed by atoms with Crippen LogP contribution >= 0.6 is 17.0 Å². The Morgan fingerprint density at radius 2 is 0.933 bits per heavy atom. The van der Waals surface area contributed by atoms with Crippen molar-refractivity contribution in [3.05, 3.63) is 176 Å². The molecule has 0 radical (unpaired) electrons. The van der Waals surface area contributed by atoms with Crippen LogP contribution in [0.5, 0.6) is 0 Å². The zero-order chi connectivity index (χ0) is 30.7. The van der Waals surface area contributed by atoms with Crippen LogP contribution in [0.1, 0.15) is 30.5 Å². The molecule has 7 rings (SSSR count). The van der Waals surface area contributed by atoms with Crippen molar-refractivity contribution >= 4 is 42.3 Å². The summed E-state index contributed by atoms with van der Waals surface area (Å²) in [7, 11) is 11.4. The summed E-state index contributed by atoms with van der Waals surface area (Å²) in [6.45, 7) is 4.41. The zero-order valence-electron chi connectivity index (χ0n) is 26.2. The van der Waals surface area contributed by atoms with Crippen LogP contribution in [0, 0.1) is 7.43 Å². The summed E-state index contributed by atoms with van der Waals surface area (Å²) in [6, 6.07) is 53.4. The molecule has 7 aromatic rings. The first-order valence-corrected chi connectivity index (χ1v) is 22.9. The Kier molecular flexibility index (Phi) is 13.3. The Hall–Kier alpha value is -3.35. The Balaban J connectivity index is 0.000000158. The van der Waals surface area contributed by atoms with Gasteiger partial charge in [-0.15, -0.1) is 69.1 Å². The van der Waals surface area contributed by atoms with Gasteiger partial charge in [-0.1, -0.05) is 97.8 Å². The molecule has 0 aliphatic carbocycles. The maximum absolute atomic E-state index is 5.72. The average molecular weight is 706 g/mol. The zero-order valence-corrected chi connectivity index (χ0v) is 30.2. The molecule has 0 amide bonds. The van der Waals surface area contributed by atoms with Crippen LogP contribution in [0.3, 0.4) is 0 Å². The van der Waals surface area contributed by atoms with Crippen LogP contribution < -0.4 is 0 Å². The molecule has 3 heteroatoms. The molecule has 0 aromatic heterocycles. The van der Waals surface area contributed by atoms with E-state index < -0.39 is 18.9 Å². The van der Waals surface area contributed by atoms with Gasteiger partial charge in [-0.3, -0.25) is 0 Å². The summed E-state index contributed by atoms with van der Waals surface area (Å²) in [4.78, 5) is 0. The van der Waals surface area contributed by atoms with Gasteiger partial charge in [0.2, 0.25) is 0 Å². The maximum atomic E-state index is 5.72. The standard InChI is InChI=1S/2C17H15.C7H6.CH3.2ClH.Zr/c2*1-2-13-11-15-9-6-10-16(17(15)12-13)14-7-4-3-5-8-14;1-7-5-3-2-4-6-7;;;;/h2*3-12H,2H2,1H3;1-6H;1H3;2*1H;/q2*-1;;-1;;;+2/p-2. The van der Waals surface area contributed by atoms with Gasteiger partial charge in [0.05, 0.1) is 0 Å². The summed E-state index contributed by atoms with van der Waals surface area (Å²) < 4.78 is 1.98. The van der Waals surface area contributed by atoms with Gasteiger partial charge in [0.25, 0.3) is 0 Å². The first-order chi connectivity index (χ1) is 21.6. The van der Waals surface area contributed by atoms with Gasteiger partial charge in [0.15, 0.2) is 0 Å². The van der Waals surface area contributed by atoms with Crippen molar-refractivity contribution < 1.29 is 18.9 Å². The molecule has 0 saturated carbocycles. The van der Waals surface area contributed by atoms with Crippen molar-refractivity contribution in [3.8, 4) is 22.3 Å². The second kappa shape index (κ2) is 17.4. The number of hydrogen-bond acceptors (Lipinski definition) is 0. The van der Waals surface area contributed by atoms with E-state index in [9.17, 15) is 0 Å². The molecule has 0 heterocycles. The van der Waals surface area contributed by atoms with E-state index >= 15 is 0 Å². The van der Waals surface area contributed by atoms with E-state index in [1.54, 1.807) is 0 Å². The van der Waals surface area contributed by atoms with Gasteiger partial charge >= 0.3 is 75.5 Å². The normalized spacial score (nSPS) is 10.2. The van der Waals surface area contributed by atoms with Crippen molar-refractivity contribution in [2.24, 2.45) is 0 Å². The molecular formula is C42H39Cl2Zr-3. The van der Waals surface area contributed by atoms with E-state index in [-0.39, 0.29) is 7.43 Å². The molecule has 228 valence electrons. The predicted molar refractivity (Wildman–Crippen MR) is 198 cm³/mol. The Morgan fingerprint density at radius 3 is 1.31 bits per heavy atom. The fourth-order valence-electron chi connectivity index (χ4n) is 5.42. The fraction of sp³-hybridized carbons (Fsp3) is 0.0952. The van der Waals surface area contributed by atoms with E-state index in [0.717, 1.165) is 18.4 Å². The monoisotopic (exact) mass is 703 g/mol. The predicted octanol–water partition coefficient (Wildman–Crippen LogP) is 12.8. The summed E-state index contributed by atoms with van der Waals surface area (Å²) in [5.74, 6) is 0. The molecule has 0 saturated heterocycles. The number of rotatable bonds is 5. The van der Waals surface area contributed by atoms with Crippen molar-refractivity contribution in [1.29, 1.82) is 0 Å². The average Bonchev–Trinajstić information content (AvgIpc) is 3.70. The van der Waals surface area contributed by atoms with E-state index in [1.807, 2.05) is 34.0 Å². The third-order valence-corrected chi connectivity index (χ3v) is 10.3. The first kappa shape index (κ1) is 34.5. The second-order valence-electron chi connectivity index (χ2n) is 10.6. The van der Waals surface area contributed by atoms with Gasteiger partial charge in [-0.2, -0.15) is 12.1 Å². The summed E-state index contributed by atoms with van der Waals surface area (Å²) in [5, 5.41) is 5.44. The van der Waals surface area contributed by atoms with Crippen molar-refractivity contribution in [2.75, 3.05) is 0 Å². The van der Waals surface area contributed by atoms with Gasteiger partial charge in [-0.05, 0) is 24.0 Å². The van der Waals surface area contributed by atoms with Crippen LogP contribution in [-0.4, -0.2) is 3.71 Å². The van der Waals surface area contributed by atoms with Gasteiger partial charge in [-0.25, -0.2) is 0 Å². The number of benzene rings is 5. The molecule has 0 N–H and O–H groups in total. The Bertz CT molecular complexity index is 1810. The number of hydrogen-bond donors (Lipinski definition) is 0. The van der Waals surface area contributed by atoms with E-state index in [0.29, 0.717) is 0 Å². The van der Waals surface area contributed by atoms with Crippen LogP contribution in [0.2, 0.25) is 0 Å². The summed E-state index contributed by atoms with van der Waals surface area (Å²) in [6.07, 6.45) is 2.20. The third kappa shape index (κ3) is 9.34. The van der Waals surface area contributed by atoms with Gasteiger partial charge in [0, 0.05) is 0 Å². The first-order valence-electron chi connectivity index (χ1n) is 15.1. The number of halogens is 2. The summed E-state index contributed by atoms with van der Waals surface area (Å²) >= 11 is -2.06. The second-order valence-corrected chi connectivity index (χ2v) is 18.7. The molecule has 0 fully saturated rings. The third-order valence-electron chi connectivity index (χ3n) is 7.68. The van der Waals surface area contributed by atoms with Crippen LogP contribution in [0.4, 0.5) is 0 Å². The molecule has 45 heavy (non-hydrogen) atoms. The SMILES string of the molecule is CCc1cc2c(-c3ccccc3)cccc2[cH-]1.CCc1cc2c(-c3ccccc3)cccc2[cH-]1.[CH3-].[Cl][Zr]([Cl])=[CH]c1ccccc1. The van der Waals surface area contributed by atoms with Crippen molar-refractivity contribution in [2.45, 2.75) is 26.7 Å². The summed E-state index contributed by atoms with van der Waals surface area (Å²) in [5.41, 5.74) is 9.25. The molecule has 0 aliphatic heterocycles. The molecule has 0 spiro atoms. The molecule has 0 bridgehead atoms. The quantitative estimate of drug-likeness (QED) is 0.156. The minimum absolute atomic E-state index is 0. The van der Waals surface area contributed by atoms with Crippen molar-refractivity contribution in [1.82, 2.24) is 0 Å². The molecule has 7 aromatic carbocycles. The number of fused-ring (bicyclic) bond motifs is 2. The van der Waals surface area contributed by atoms with Crippen molar-refractivity contribution in [3.63, 3.8) is 0 Å². The fourth-order valence-corrected chi connectivity index (χ4v) is 8.00. The molecule has 0 aliphatic rings. The van der Waals surface area contributed by atoms with Crippen LogP contribution in [0.15, 0.2) is 152 Å².